The average Bonchev–Trinajstić information content (AvgIpc) is 2.55. The van der Waals surface area contributed by atoms with Gasteiger partial charge in [-0.2, -0.15) is 0 Å². The maximum absolute atomic E-state index is 11.3. The minimum absolute atomic E-state index is 0.0313. The molecule has 5 heteroatoms. The Bertz CT molecular complexity index is 453. The van der Waals surface area contributed by atoms with Crippen molar-refractivity contribution >= 4 is 6.41 Å². The van der Waals surface area contributed by atoms with Crippen LogP contribution in [0.2, 0.25) is 0 Å². The lowest BCUT2D eigenvalue weighted by atomic mass is 9.77. The molecule has 106 valence electrons. The summed E-state index contributed by atoms with van der Waals surface area (Å²) < 4.78 is 1.55. The number of nitrogens with zero attached hydrogens (tertiary/aromatic N) is 2. The number of carbonyl (C=O) groups excluding carboxylic acids is 1. The highest BCUT2D eigenvalue weighted by molar-refractivity contribution is 5.51. The van der Waals surface area contributed by atoms with Crippen LogP contribution in [0.1, 0.15) is 46.6 Å². The van der Waals surface area contributed by atoms with Gasteiger partial charge in [-0.15, -0.1) is 0 Å². The molecule has 0 unspecified atom stereocenters. The van der Waals surface area contributed by atoms with Gasteiger partial charge in [0, 0.05) is 29.3 Å². The molecular weight excluding hydrogens is 244 g/mol. The number of rotatable bonds is 2. The zero-order valence-corrected chi connectivity index (χ0v) is 11.9. The van der Waals surface area contributed by atoms with E-state index in [0.29, 0.717) is 12.8 Å². The summed E-state index contributed by atoms with van der Waals surface area (Å²) in [4.78, 5) is 13.2. The van der Waals surface area contributed by atoms with E-state index in [1.165, 1.54) is 12.1 Å². The monoisotopic (exact) mass is 266 g/mol. The van der Waals surface area contributed by atoms with Gasteiger partial charge < -0.3 is 15.1 Å². The van der Waals surface area contributed by atoms with Crippen LogP contribution in [0.25, 0.3) is 0 Å². The van der Waals surface area contributed by atoms with Gasteiger partial charge >= 0.3 is 0 Å². The molecule has 0 spiro atoms. The first-order chi connectivity index (χ1) is 8.69. The van der Waals surface area contributed by atoms with Crippen LogP contribution in [-0.4, -0.2) is 37.2 Å². The molecule has 1 fully saturated rings. The normalized spacial score (nSPS) is 22.4. The Balaban J connectivity index is 2.40. The van der Waals surface area contributed by atoms with E-state index in [4.69, 9.17) is 0 Å². The van der Waals surface area contributed by atoms with E-state index in [1.54, 1.807) is 4.57 Å². The summed E-state index contributed by atoms with van der Waals surface area (Å²) in [6.07, 6.45) is 2.27. The van der Waals surface area contributed by atoms with E-state index in [2.05, 4.69) is 0 Å². The molecule has 0 aliphatic carbocycles. The van der Waals surface area contributed by atoms with E-state index >= 15 is 0 Å². The summed E-state index contributed by atoms with van der Waals surface area (Å²) in [5.41, 5.74) is -0.644. The second-order valence-corrected chi connectivity index (χ2v) is 6.58. The highest BCUT2D eigenvalue weighted by Crippen LogP contribution is 2.45. The first-order valence-corrected chi connectivity index (χ1v) is 6.53. The molecule has 1 amide bonds. The fourth-order valence-corrected chi connectivity index (χ4v) is 3.51. The topological polar surface area (TPSA) is 65.7 Å². The summed E-state index contributed by atoms with van der Waals surface area (Å²) in [6, 6.07) is 2.94. The molecule has 1 aromatic rings. The standard InChI is InChI=1S/C14H22N2O3/c1-13(2)7-10(8-14(3,4)15(13)9-17)16-11(18)5-6-12(16)19/h5-6,9-10,18-19H,7-8H2,1-4H3. The second-order valence-electron chi connectivity index (χ2n) is 6.58. The number of aromatic nitrogens is 1. The first kappa shape index (κ1) is 13.8. The summed E-state index contributed by atoms with van der Waals surface area (Å²) >= 11 is 0. The minimum Gasteiger partial charge on any atom is -0.494 e. The molecule has 1 aliphatic rings. The van der Waals surface area contributed by atoms with E-state index < -0.39 is 0 Å². The molecule has 2 rings (SSSR count). The molecule has 19 heavy (non-hydrogen) atoms. The van der Waals surface area contributed by atoms with Crippen LogP contribution in [-0.2, 0) is 4.79 Å². The fraction of sp³-hybridized carbons (Fsp3) is 0.643. The number of carbonyl (C=O) groups is 1. The SMILES string of the molecule is CC1(C)CC(n2c(O)ccc2O)CC(C)(C)N1C=O. The van der Waals surface area contributed by atoms with Crippen molar-refractivity contribution in [3.63, 3.8) is 0 Å². The van der Waals surface area contributed by atoms with Crippen LogP contribution in [0.4, 0.5) is 0 Å². The van der Waals surface area contributed by atoms with Crippen LogP contribution in [0.15, 0.2) is 12.1 Å². The smallest absolute Gasteiger partial charge is 0.210 e. The molecule has 0 atom stereocenters. The third kappa shape index (κ3) is 2.17. The van der Waals surface area contributed by atoms with E-state index in [1.807, 2.05) is 32.6 Å². The molecule has 1 aliphatic heterocycles. The van der Waals surface area contributed by atoms with E-state index in [0.717, 1.165) is 6.41 Å². The van der Waals surface area contributed by atoms with Gasteiger partial charge in [-0.25, -0.2) is 0 Å². The quantitative estimate of drug-likeness (QED) is 0.807. The zero-order chi connectivity index (χ0) is 14.4. The molecule has 5 nitrogen and oxygen atoms in total. The van der Waals surface area contributed by atoms with Gasteiger partial charge in [0.25, 0.3) is 0 Å². The molecule has 0 radical (unpaired) electrons. The number of aromatic hydroxyl groups is 2. The number of hydrogen-bond donors (Lipinski definition) is 2. The van der Waals surface area contributed by atoms with Crippen LogP contribution in [0, 0.1) is 0 Å². The van der Waals surface area contributed by atoms with Crippen molar-refractivity contribution in [2.45, 2.75) is 57.7 Å². The zero-order valence-electron chi connectivity index (χ0n) is 11.9. The Morgan fingerprint density at radius 2 is 1.53 bits per heavy atom. The highest BCUT2D eigenvalue weighted by Gasteiger charge is 2.45. The van der Waals surface area contributed by atoms with Crippen molar-refractivity contribution in [1.82, 2.24) is 9.47 Å². The maximum Gasteiger partial charge on any atom is 0.210 e. The van der Waals surface area contributed by atoms with Gasteiger partial charge in [-0.1, -0.05) is 0 Å². The third-order valence-electron chi connectivity index (χ3n) is 4.12. The molecule has 0 aromatic carbocycles. The van der Waals surface area contributed by atoms with Gasteiger partial charge in [0.15, 0.2) is 11.8 Å². The van der Waals surface area contributed by atoms with E-state index in [9.17, 15) is 15.0 Å². The van der Waals surface area contributed by atoms with Crippen LogP contribution >= 0.6 is 0 Å². The van der Waals surface area contributed by atoms with Gasteiger partial charge in [0.2, 0.25) is 6.41 Å². The van der Waals surface area contributed by atoms with Crippen molar-refractivity contribution in [3.05, 3.63) is 12.1 Å². The summed E-state index contributed by atoms with van der Waals surface area (Å²) in [5, 5.41) is 19.7. The van der Waals surface area contributed by atoms with Crippen molar-refractivity contribution in [1.29, 1.82) is 0 Å². The van der Waals surface area contributed by atoms with Crippen LogP contribution < -0.4 is 0 Å². The molecular formula is C14H22N2O3. The molecule has 2 heterocycles. The Hall–Kier alpha value is -1.65. The van der Waals surface area contributed by atoms with Gasteiger partial charge in [0.05, 0.1) is 0 Å². The van der Waals surface area contributed by atoms with Gasteiger partial charge in [0.1, 0.15) is 0 Å². The van der Waals surface area contributed by atoms with Gasteiger partial charge in [-0.3, -0.25) is 9.36 Å². The Morgan fingerprint density at radius 1 is 1.11 bits per heavy atom. The largest absolute Gasteiger partial charge is 0.494 e. The Labute approximate surface area is 113 Å². The lowest BCUT2D eigenvalue weighted by Crippen LogP contribution is -2.59. The summed E-state index contributed by atoms with van der Waals surface area (Å²) in [5.74, 6) is 0.127. The fourth-order valence-electron chi connectivity index (χ4n) is 3.51. The molecule has 1 aromatic heterocycles. The number of hydrogen-bond acceptors (Lipinski definition) is 3. The Morgan fingerprint density at radius 3 is 1.89 bits per heavy atom. The average molecular weight is 266 g/mol. The van der Waals surface area contributed by atoms with E-state index in [-0.39, 0.29) is 28.9 Å². The number of likely N-dealkylation sites (tertiary alicyclic amines) is 1. The van der Waals surface area contributed by atoms with Crippen LogP contribution in [0.3, 0.4) is 0 Å². The van der Waals surface area contributed by atoms with Crippen molar-refractivity contribution < 1.29 is 15.0 Å². The minimum atomic E-state index is -0.322. The summed E-state index contributed by atoms with van der Waals surface area (Å²) in [6.45, 7) is 8.03. The first-order valence-electron chi connectivity index (χ1n) is 6.53. The lowest BCUT2D eigenvalue weighted by Gasteiger charge is -2.53. The van der Waals surface area contributed by atoms with Gasteiger partial charge in [-0.05, 0) is 40.5 Å². The molecule has 1 saturated heterocycles. The molecule has 2 N–H and O–H groups in total. The molecule has 0 bridgehead atoms. The molecule has 0 saturated carbocycles. The van der Waals surface area contributed by atoms with Crippen molar-refractivity contribution in [2.24, 2.45) is 0 Å². The summed E-state index contributed by atoms with van der Waals surface area (Å²) in [7, 11) is 0. The van der Waals surface area contributed by atoms with Crippen molar-refractivity contribution in [2.75, 3.05) is 0 Å². The third-order valence-corrected chi connectivity index (χ3v) is 4.12. The maximum atomic E-state index is 11.3. The highest BCUT2D eigenvalue weighted by atomic mass is 16.3. The Kier molecular flexibility index (Phi) is 3.03. The predicted octanol–water partition coefficient (Wildman–Crippen LogP) is 2.25. The second kappa shape index (κ2) is 4.18. The lowest BCUT2D eigenvalue weighted by molar-refractivity contribution is -0.136. The van der Waals surface area contributed by atoms with Crippen LogP contribution in [0.5, 0.6) is 11.8 Å². The van der Waals surface area contributed by atoms with Crippen molar-refractivity contribution in [3.8, 4) is 11.8 Å². The number of amides is 1. The number of piperidine rings is 1. The predicted molar refractivity (Wildman–Crippen MR) is 72.1 cm³/mol.